The summed E-state index contributed by atoms with van der Waals surface area (Å²) in [6.45, 7) is 6.80. The maximum absolute atomic E-state index is 14.0. The van der Waals surface area contributed by atoms with Gasteiger partial charge in [0.05, 0.1) is 31.1 Å². The second-order valence-corrected chi connectivity index (χ2v) is 7.06. The average molecular weight is 353 g/mol. The van der Waals surface area contributed by atoms with Crippen LogP contribution in [0.4, 0.5) is 8.78 Å². The minimum absolute atomic E-state index is 0.171. The Morgan fingerprint density at radius 1 is 1.20 bits per heavy atom. The largest absolute Gasteiger partial charge is 0.468 e. The van der Waals surface area contributed by atoms with Gasteiger partial charge in [-0.25, -0.2) is 8.78 Å². The SMILES string of the molecule is CC(C)(C)OC[C@H](O)CN(Cc1ccco1)Cc1ccc(F)cc1F. The van der Waals surface area contributed by atoms with E-state index in [1.807, 2.05) is 31.7 Å². The van der Waals surface area contributed by atoms with Crippen LogP contribution in [0.2, 0.25) is 0 Å². The molecule has 0 fully saturated rings. The number of hydrogen-bond donors (Lipinski definition) is 1. The molecule has 25 heavy (non-hydrogen) atoms. The van der Waals surface area contributed by atoms with Crippen LogP contribution in [0.1, 0.15) is 32.1 Å². The number of aliphatic hydroxyl groups excluding tert-OH is 1. The smallest absolute Gasteiger partial charge is 0.130 e. The first-order valence-electron chi connectivity index (χ1n) is 8.23. The van der Waals surface area contributed by atoms with Crippen molar-refractivity contribution >= 4 is 0 Å². The van der Waals surface area contributed by atoms with Gasteiger partial charge < -0.3 is 14.3 Å². The normalized spacial score (nSPS) is 13.4. The van der Waals surface area contributed by atoms with Gasteiger partial charge >= 0.3 is 0 Å². The Morgan fingerprint density at radius 2 is 1.96 bits per heavy atom. The summed E-state index contributed by atoms with van der Waals surface area (Å²) in [7, 11) is 0. The van der Waals surface area contributed by atoms with Gasteiger partial charge in [0.25, 0.3) is 0 Å². The van der Waals surface area contributed by atoms with Gasteiger partial charge in [-0.15, -0.1) is 0 Å². The predicted octanol–water partition coefficient (Wildman–Crippen LogP) is 3.74. The zero-order valence-corrected chi connectivity index (χ0v) is 14.8. The van der Waals surface area contributed by atoms with Crippen LogP contribution in [0.5, 0.6) is 0 Å². The molecule has 1 heterocycles. The standard InChI is InChI=1S/C19H25F2NO3/c1-19(2,3)25-13-16(23)11-22(12-17-5-4-8-24-17)10-14-6-7-15(20)9-18(14)21/h4-9,16,23H,10-13H2,1-3H3/t16-/m1/s1. The molecule has 1 atom stereocenters. The maximum atomic E-state index is 14.0. The summed E-state index contributed by atoms with van der Waals surface area (Å²) in [5, 5.41) is 10.3. The molecule has 4 nitrogen and oxygen atoms in total. The zero-order chi connectivity index (χ0) is 18.4. The lowest BCUT2D eigenvalue weighted by Crippen LogP contribution is -2.36. The lowest BCUT2D eigenvalue weighted by atomic mass is 10.1. The minimum atomic E-state index is -0.738. The van der Waals surface area contributed by atoms with Crippen molar-refractivity contribution in [3.8, 4) is 0 Å². The summed E-state index contributed by atoms with van der Waals surface area (Å²) >= 11 is 0. The molecule has 0 unspecified atom stereocenters. The number of aliphatic hydroxyl groups is 1. The van der Waals surface area contributed by atoms with E-state index >= 15 is 0 Å². The van der Waals surface area contributed by atoms with Crippen molar-refractivity contribution in [2.75, 3.05) is 13.2 Å². The summed E-state index contributed by atoms with van der Waals surface area (Å²) in [6, 6.07) is 7.08. The molecule has 138 valence electrons. The highest BCUT2D eigenvalue weighted by atomic mass is 19.1. The molecule has 0 radical (unpaired) electrons. The number of ether oxygens (including phenoxy) is 1. The second kappa shape index (κ2) is 8.56. The highest BCUT2D eigenvalue weighted by molar-refractivity contribution is 5.18. The van der Waals surface area contributed by atoms with Crippen molar-refractivity contribution < 1.29 is 23.0 Å². The summed E-state index contributed by atoms with van der Waals surface area (Å²) in [5.74, 6) is -0.520. The maximum Gasteiger partial charge on any atom is 0.130 e. The fourth-order valence-electron chi connectivity index (χ4n) is 2.40. The zero-order valence-electron chi connectivity index (χ0n) is 14.8. The van der Waals surface area contributed by atoms with E-state index in [9.17, 15) is 13.9 Å². The van der Waals surface area contributed by atoms with Gasteiger partial charge in [-0.3, -0.25) is 4.90 Å². The van der Waals surface area contributed by atoms with Crippen molar-refractivity contribution in [1.29, 1.82) is 0 Å². The Bertz CT molecular complexity index is 653. The number of hydrogen-bond acceptors (Lipinski definition) is 4. The number of benzene rings is 1. The van der Waals surface area contributed by atoms with E-state index in [1.165, 1.54) is 12.1 Å². The van der Waals surface area contributed by atoms with Crippen LogP contribution in [0.25, 0.3) is 0 Å². The van der Waals surface area contributed by atoms with Crippen LogP contribution in [0, 0.1) is 11.6 Å². The molecule has 0 aliphatic carbocycles. The molecule has 1 N–H and O–H groups in total. The van der Waals surface area contributed by atoms with Gasteiger partial charge in [-0.1, -0.05) is 6.07 Å². The van der Waals surface area contributed by atoms with Gasteiger partial charge in [-0.2, -0.15) is 0 Å². The van der Waals surface area contributed by atoms with Crippen LogP contribution in [-0.4, -0.2) is 34.9 Å². The van der Waals surface area contributed by atoms with Crippen LogP contribution >= 0.6 is 0 Å². The first kappa shape index (κ1) is 19.6. The van der Waals surface area contributed by atoms with E-state index in [0.717, 1.165) is 6.07 Å². The van der Waals surface area contributed by atoms with E-state index in [4.69, 9.17) is 9.15 Å². The van der Waals surface area contributed by atoms with Gasteiger partial charge in [0.1, 0.15) is 17.4 Å². The minimum Gasteiger partial charge on any atom is -0.468 e. The van der Waals surface area contributed by atoms with Crippen LogP contribution < -0.4 is 0 Å². The molecule has 0 amide bonds. The fraction of sp³-hybridized carbons (Fsp3) is 0.474. The fourth-order valence-corrected chi connectivity index (χ4v) is 2.40. The molecule has 0 aliphatic heterocycles. The molecule has 1 aromatic heterocycles. The first-order chi connectivity index (χ1) is 11.7. The third kappa shape index (κ3) is 6.94. The van der Waals surface area contributed by atoms with Gasteiger partial charge in [-0.05, 0) is 39.0 Å². The summed E-state index contributed by atoms with van der Waals surface area (Å²) in [5.41, 5.74) is 0.00693. The van der Waals surface area contributed by atoms with Crippen molar-refractivity contribution in [1.82, 2.24) is 4.90 Å². The number of nitrogens with zero attached hydrogens (tertiary/aromatic N) is 1. The van der Waals surface area contributed by atoms with E-state index in [1.54, 1.807) is 12.3 Å². The predicted molar refractivity (Wildman–Crippen MR) is 90.9 cm³/mol. The van der Waals surface area contributed by atoms with Gasteiger partial charge in [0.2, 0.25) is 0 Å². The third-order valence-electron chi connectivity index (χ3n) is 3.55. The molecule has 0 saturated heterocycles. The third-order valence-corrected chi connectivity index (χ3v) is 3.55. The van der Waals surface area contributed by atoms with Gasteiger partial charge in [0.15, 0.2) is 0 Å². The molecule has 0 saturated carbocycles. The Labute approximate surface area is 147 Å². The van der Waals surface area contributed by atoms with E-state index in [-0.39, 0.29) is 25.3 Å². The molecule has 1 aromatic carbocycles. The monoisotopic (exact) mass is 353 g/mol. The topological polar surface area (TPSA) is 45.8 Å². The molecule has 0 bridgehead atoms. The number of rotatable bonds is 8. The highest BCUT2D eigenvalue weighted by Gasteiger charge is 2.19. The molecular formula is C19H25F2NO3. The molecule has 2 aromatic rings. The molecule has 0 spiro atoms. The summed E-state index contributed by atoms with van der Waals surface area (Å²) in [4.78, 5) is 1.84. The Balaban J connectivity index is 2.04. The Kier molecular flexibility index (Phi) is 6.70. The number of halogens is 2. The van der Waals surface area contributed by atoms with Crippen LogP contribution in [0.3, 0.4) is 0 Å². The Morgan fingerprint density at radius 3 is 2.56 bits per heavy atom. The quantitative estimate of drug-likeness (QED) is 0.785. The first-order valence-corrected chi connectivity index (χ1v) is 8.23. The second-order valence-electron chi connectivity index (χ2n) is 7.06. The van der Waals surface area contributed by atoms with E-state index in [0.29, 0.717) is 17.9 Å². The van der Waals surface area contributed by atoms with E-state index in [2.05, 4.69) is 0 Å². The van der Waals surface area contributed by atoms with Crippen LogP contribution in [-0.2, 0) is 17.8 Å². The van der Waals surface area contributed by atoms with E-state index < -0.39 is 17.7 Å². The van der Waals surface area contributed by atoms with Crippen molar-refractivity contribution in [3.05, 3.63) is 59.6 Å². The molecular weight excluding hydrogens is 328 g/mol. The summed E-state index contributed by atoms with van der Waals surface area (Å²) in [6.07, 6.45) is 0.822. The van der Waals surface area contributed by atoms with Crippen molar-refractivity contribution in [2.45, 2.75) is 45.6 Å². The van der Waals surface area contributed by atoms with Crippen molar-refractivity contribution in [3.63, 3.8) is 0 Å². The lowest BCUT2D eigenvalue weighted by Gasteiger charge is -2.27. The average Bonchev–Trinajstić information content (AvgIpc) is 3.00. The van der Waals surface area contributed by atoms with Crippen molar-refractivity contribution in [2.24, 2.45) is 0 Å². The molecule has 6 heteroatoms. The van der Waals surface area contributed by atoms with Gasteiger partial charge in [0, 0.05) is 24.7 Å². The number of furan rings is 1. The summed E-state index contributed by atoms with van der Waals surface area (Å²) < 4.78 is 38.0. The van der Waals surface area contributed by atoms with Crippen LogP contribution in [0.15, 0.2) is 41.0 Å². The molecule has 2 rings (SSSR count). The highest BCUT2D eigenvalue weighted by Crippen LogP contribution is 2.16. The molecule has 0 aliphatic rings. The lowest BCUT2D eigenvalue weighted by molar-refractivity contribution is -0.0576. The Hall–Kier alpha value is -1.76.